The average Bonchev–Trinajstić information content (AvgIpc) is 2.93. The Morgan fingerprint density at radius 1 is 1.27 bits per heavy atom. The third-order valence-corrected chi connectivity index (χ3v) is 5.90. The summed E-state index contributed by atoms with van der Waals surface area (Å²) in [6.45, 7) is 9.60. The van der Waals surface area contributed by atoms with Gasteiger partial charge in [-0.3, -0.25) is 14.5 Å². The molecule has 2 aliphatic heterocycles. The molecular weight excluding hydrogens is 332 g/mol. The van der Waals surface area contributed by atoms with Gasteiger partial charge in [-0.1, -0.05) is 5.16 Å². The van der Waals surface area contributed by atoms with E-state index in [1.54, 1.807) is 0 Å². The predicted octanol–water partition coefficient (Wildman–Crippen LogP) is 1.77. The van der Waals surface area contributed by atoms with Gasteiger partial charge in [-0.2, -0.15) is 0 Å². The molecule has 7 heteroatoms. The first-order chi connectivity index (χ1) is 12.4. The number of carbonyl (C=O) groups excluding carboxylic acids is 2. The number of nitrogens with zero attached hydrogens (tertiary/aromatic N) is 3. The predicted molar refractivity (Wildman–Crippen MR) is 97.5 cm³/mol. The molecule has 0 bridgehead atoms. The molecule has 0 unspecified atom stereocenters. The molecule has 26 heavy (non-hydrogen) atoms. The monoisotopic (exact) mass is 362 g/mol. The molecule has 2 amide bonds. The number of hydrogen-bond acceptors (Lipinski definition) is 5. The lowest BCUT2D eigenvalue weighted by Gasteiger charge is -2.57. The molecule has 1 N–H and O–H groups in total. The van der Waals surface area contributed by atoms with Gasteiger partial charge in [-0.25, -0.2) is 0 Å². The smallest absolute Gasteiger partial charge is 0.222 e. The van der Waals surface area contributed by atoms with Crippen LogP contribution in [-0.4, -0.2) is 58.5 Å². The SMILES string of the molecule is CC(=O)NCCCC(=O)N1CCC[C@]2(CCN2Cc2c(C)noc2C)C1. The second-order valence-corrected chi connectivity index (χ2v) is 7.70. The summed E-state index contributed by atoms with van der Waals surface area (Å²) in [6, 6.07) is 0. The Kier molecular flexibility index (Phi) is 5.65. The number of amides is 2. The zero-order chi connectivity index (χ0) is 18.7. The molecule has 2 saturated heterocycles. The number of carbonyl (C=O) groups is 2. The van der Waals surface area contributed by atoms with Crippen molar-refractivity contribution in [2.75, 3.05) is 26.2 Å². The first-order valence-corrected chi connectivity index (χ1v) is 9.60. The molecule has 0 saturated carbocycles. The van der Waals surface area contributed by atoms with Crippen molar-refractivity contribution in [3.8, 4) is 0 Å². The zero-order valence-electron chi connectivity index (χ0n) is 16.1. The van der Waals surface area contributed by atoms with Crippen LogP contribution >= 0.6 is 0 Å². The molecule has 1 atom stereocenters. The third kappa shape index (κ3) is 3.92. The lowest BCUT2D eigenvalue weighted by atomic mass is 9.77. The van der Waals surface area contributed by atoms with Gasteiger partial charge in [0.05, 0.1) is 5.69 Å². The van der Waals surface area contributed by atoms with Gasteiger partial charge in [0.25, 0.3) is 0 Å². The quantitative estimate of drug-likeness (QED) is 0.781. The third-order valence-electron chi connectivity index (χ3n) is 5.90. The van der Waals surface area contributed by atoms with Crippen molar-refractivity contribution in [1.29, 1.82) is 0 Å². The van der Waals surface area contributed by atoms with Gasteiger partial charge >= 0.3 is 0 Å². The molecule has 7 nitrogen and oxygen atoms in total. The van der Waals surface area contributed by atoms with Crippen LogP contribution in [0.2, 0.25) is 0 Å². The van der Waals surface area contributed by atoms with Gasteiger partial charge in [0.2, 0.25) is 11.8 Å². The van der Waals surface area contributed by atoms with Gasteiger partial charge in [-0.15, -0.1) is 0 Å². The average molecular weight is 362 g/mol. The summed E-state index contributed by atoms with van der Waals surface area (Å²) in [5.74, 6) is 1.06. The Hall–Kier alpha value is -1.89. The van der Waals surface area contributed by atoms with E-state index >= 15 is 0 Å². The van der Waals surface area contributed by atoms with Crippen LogP contribution in [0.3, 0.4) is 0 Å². The largest absolute Gasteiger partial charge is 0.361 e. The van der Waals surface area contributed by atoms with E-state index in [1.165, 1.54) is 12.5 Å². The van der Waals surface area contributed by atoms with Crippen molar-refractivity contribution < 1.29 is 14.1 Å². The topological polar surface area (TPSA) is 78.7 Å². The van der Waals surface area contributed by atoms with E-state index in [9.17, 15) is 9.59 Å². The number of aryl methyl sites for hydroxylation is 2. The normalized spacial score (nSPS) is 23.1. The zero-order valence-corrected chi connectivity index (χ0v) is 16.1. The van der Waals surface area contributed by atoms with Crippen molar-refractivity contribution in [3.63, 3.8) is 0 Å². The highest BCUT2D eigenvalue weighted by molar-refractivity contribution is 5.76. The minimum atomic E-state index is -0.0428. The van der Waals surface area contributed by atoms with E-state index in [1.807, 2.05) is 18.7 Å². The van der Waals surface area contributed by atoms with Crippen LogP contribution in [0.4, 0.5) is 0 Å². The lowest BCUT2D eigenvalue weighted by molar-refractivity contribution is -0.141. The van der Waals surface area contributed by atoms with Crippen LogP contribution in [-0.2, 0) is 16.1 Å². The fourth-order valence-electron chi connectivity index (χ4n) is 4.20. The lowest BCUT2D eigenvalue weighted by Crippen LogP contribution is -2.67. The van der Waals surface area contributed by atoms with Crippen molar-refractivity contribution in [2.24, 2.45) is 0 Å². The van der Waals surface area contributed by atoms with Crippen molar-refractivity contribution in [3.05, 3.63) is 17.0 Å². The maximum absolute atomic E-state index is 12.6. The first kappa shape index (κ1) is 18.9. The van der Waals surface area contributed by atoms with Gasteiger partial charge in [0.1, 0.15) is 5.76 Å². The van der Waals surface area contributed by atoms with E-state index in [2.05, 4.69) is 15.4 Å². The van der Waals surface area contributed by atoms with E-state index in [4.69, 9.17) is 4.52 Å². The molecular formula is C19H30N4O3. The summed E-state index contributed by atoms with van der Waals surface area (Å²) in [5.41, 5.74) is 2.26. The maximum atomic E-state index is 12.6. The van der Waals surface area contributed by atoms with Gasteiger partial charge in [0, 0.05) is 57.2 Å². The number of hydrogen-bond donors (Lipinski definition) is 1. The molecule has 2 fully saturated rings. The molecule has 0 aromatic carbocycles. The summed E-state index contributed by atoms with van der Waals surface area (Å²) in [4.78, 5) is 28.0. The minimum Gasteiger partial charge on any atom is -0.361 e. The Balaban J connectivity index is 1.55. The summed E-state index contributed by atoms with van der Waals surface area (Å²) in [6.07, 6.45) is 4.54. The number of likely N-dealkylation sites (tertiary alicyclic amines) is 2. The number of rotatable bonds is 6. The van der Waals surface area contributed by atoms with Crippen LogP contribution in [0.1, 0.15) is 56.0 Å². The van der Waals surface area contributed by atoms with Crippen LogP contribution in [0.15, 0.2) is 4.52 Å². The number of nitrogens with one attached hydrogen (secondary N) is 1. The molecule has 2 aliphatic rings. The number of piperidine rings is 1. The first-order valence-electron chi connectivity index (χ1n) is 9.60. The van der Waals surface area contributed by atoms with Crippen LogP contribution in [0.5, 0.6) is 0 Å². The molecule has 0 aliphatic carbocycles. The Bertz CT molecular complexity index is 652. The summed E-state index contributed by atoms with van der Waals surface area (Å²) >= 11 is 0. The highest BCUT2D eigenvalue weighted by Crippen LogP contribution is 2.40. The van der Waals surface area contributed by atoms with Crippen LogP contribution in [0.25, 0.3) is 0 Å². The summed E-state index contributed by atoms with van der Waals surface area (Å²) in [5, 5.41) is 6.81. The highest BCUT2D eigenvalue weighted by Gasteiger charge is 2.48. The fourth-order valence-corrected chi connectivity index (χ4v) is 4.20. The highest BCUT2D eigenvalue weighted by atomic mass is 16.5. The maximum Gasteiger partial charge on any atom is 0.222 e. The van der Waals surface area contributed by atoms with E-state index in [-0.39, 0.29) is 17.4 Å². The molecule has 3 rings (SSSR count). The van der Waals surface area contributed by atoms with Crippen molar-refractivity contribution >= 4 is 11.8 Å². The second kappa shape index (κ2) is 7.78. The van der Waals surface area contributed by atoms with E-state index < -0.39 is 0 Å². The van der Waals surface area contributed by atoms with Crippen molar-refractivity contribution in [1.82, 2.24) is 20.3 Å². The van der Waals surface area contributed by atoms with Crippen LogP contribution < -0.4 is 5.32 Å². The van der Waals surface area contributed by atoms with E-state index in [0.29, 0.717) is 19.4 Å². The molecule has 1 spiro atoms. The molecule has 1 aromatic heterocycles. The molecule has 3 heterocycles. The Morgan fingerprint density at radius 2 is 2.08 bits per heavy atom. The number of aromatic nitrogens is 1. The molecule has 144 valence electrons. The van der Waals surface area contributed by atoms with Gasteiger partial charge in [0.15, 0.2) is 0 Å². The molecule has 0 radical (unpaired) electrons. The van der Waals surface area contributed by atoms with Gasteiger partial charge in [-0.05, 0) is 39.5 Å². The van der Waals surface area contributed by atoms with Gasteiger partial charge < -0.3 is 14.7 Å². The van der Waals surface area contributed by atoms with Crippen molar-refractivity contribution in [2.45, 2.75) is 65.0 Å². The standard InChI is InChI=1S/C19H30N4O3/c1-14-17(15(2)26-21-14)12-23-11-8-19(23)7-5-10-22(13-19)18(25)6-4-9-20-16(3)24/h4-13H2,1-3H3,(H,20,24)/t19-/m0/s1. The summed E-state index contributed by atoms with van der Waals surface area (Å²) < 4.78 is 5.30. The minimum absolute atomic E-state index is 0.0428. The summed E-state index contributed by atoms with van der Waals surface area (Å²) in [7, 11) is 0. The van der Waals surface area contributed by atoms with Crippen LogP contribution in [0, 0.1) is 13.8 Å². The molecule has 1 aromatic rings. The second-order valence-electron chi connectivity index (χ2n) is 7.70. The van der Waals surface area contributed by atoms with E-state index in [0.717, 1.165) is 56.9 Å². The Morgan fingerprint density at radius 3 is 2.69 bits per heavy atom. The fraction of sp³-hybridized carbons (Fsp3) is 0.737. The Labute approximate surface area is 155 Å².